The molecule has 0 spiro atoms. The van der Waals surface area contributed by atoms with Crippen molar-refractivity contribution in [3.8, 4) is 11.5 Å². The van der Waals surface area contributed by atoms with Crippen LogP contribution in [0.4, 0.5) is 0 Å². The van der Waals surface area contributed by atoms with Gasteiger partial charge in [0.1, 0.15) is 16.0 Å². The van der Waals surface area contributed by atoms with E-state index in [1.165, 1.54) is 0 Å². The molecule has 0 heterocycles. The van der Waals surface area contributed by atoms with Gasteiger partial charge in [-0.1, -0.05) is 27.7 Å². The van der Waals surface area contributed by atoms with Crippen LogP contribution in [-0.4, -0.2) is 19.3 Å². The predicted molar refractivity (Wildman–Crippen MR) is 83.3 cm³/mol. The zero-order valence-electron chi connectivity index (χ0n) is 13.0. The molecule has 0 amide bonds. The van der Waals surface area contributed by atoms with Crippen molar-refractivity contribution in [2.45, 2.75) is 33.8 Å². The summed E-state index contributed by atoms with van der Waals surface area (Å²) in [5, 5.41) is 10.8. The third-order valence-corrected chi connectivity index (χ3v) is 6.03. The highest BCUT2D eigenvalue weighted by molar-refractivity contribution is 9.10. The van der Waals surface area contributed by atoms with E-state index < -0.39 is 6.10 Å². The molecule has 1 N–H and O–H groups in total. The Hall–Kier alpha value is -0.740. The third-order valence-electron chi connectivity index (χ3n) is 5.28. The van der Waals surface area contributed by atoms with Gasteiger partial charge in [-0.05, 0) is 38.9 Å². The summed E-state index contributed by atoms with van der Waals surface area (Å²) in [5.41, 5.74) is 1.04. The number of methoxy groups -OCH3 is 2. The van der Waals surface area contributed by atoms with E-state index in [1.807, 2.05) is 12.1 Å². The van der Waals surface area contributed by atoms with Crippen LogP contribution >= 0.6 is 15.9 Å². The minimum atomic E-state index is -0.544. The minimum absolute atomic E-state index is 0.115. The lowest BCUT2D eigenvalue weighted by molar-refractivity contribution is 0.127. The van der Waals surface area contributed by atoms with Gasteiger partial charge in [0, 0.05) is 11.5 Å². The fourth-order valence-corrected chi connectivity index (χ4v) is 4.05. The third kappa shape index (κ3) is 2.04. The molecule has 1 atom stereocenters. The molecule has 1 fully saturated rings. The Kier molecular flexibility index (Phi) is 3.85. The van der Waals surface area contributed by atoms with Gasteiger partial charge >= 0.3 is 0 Å². The Morgan fingerprint density at radius 1 is 1.10 bits per heavy atom. The van der Waals surface area contributed by atoms with E-state index in [-0.39, 0.29) is 16.7 Å². The molecule has 1 unspecified atom stereocenters. The Bertz CT molecular complexity index is 509. The van der Waals surface area contributed by atoms with Gasteiger partial charge in [0.2, 0.25) is 0 Å². The van der Waals surface area contributed by atoms with Crippen LogP contribution in [0, 0.1) is 16.7 Å². The number of hydrogen-bond acceptors (Lipinski definition) is 3. The van der Waals surface area contributed by atoms with Crippen LogP contribution in [0.1, 0.15) is 39.4 Å². The average molecular weight is 343 g/mol. The van der Waals surface area contributed by atoms with Gasteiger partial charge in [0.15, 0.2) is 0 Å². The van der Waals surface area contributed by atoms with Gasteiger partial charge in [-0.15, -0.1) is 0 Å². The van der Waals surface area contributed by atoms with Crippen molar-refractivity contribution in [2.24, 2.45) is 16.7 Å². The molecule has 0 aliphatic heterocycles. The summed E-state index contributed by atoms with van der Waals surface area (Å²) in [6.07, 6.45) is -0.544. The summed E-state index contributed by atoms with van der Waals surface area (Å²) in [5.74, 6) is 1.56. The summed E-state index contributed by atoms with van der Waals surface area (Å²) in [6, 6.07) is 3.74. The molecule has 0 bridgehead atoms. The predicted octanol–water partition coefficient (Wildman–Crippen LogP) is 4.18. The Balaban J connectivity index is 2.42. The van der Waals surface area contributed by atoms with Gasteiger partial charge in [-0.3, -0.25) is 0 Å². The van der Waals surface area contributed by atoms with Crippen LogP contribution in [0.2, 0.25) is 0 Å². The van der Waals surface area contributed by atoms with Crippen LogP contribution in [0.3, 0.4) is 0 Å². The first-order valence-electron chi connectivity index (χ1n) is 6.78. The highest BCUT2D eigenvalue weighted by Gasteiger charge is 2.67. The summed E-state index contributed by atoms with van der Waals surface area (Å²) in [6.45, 7) is 8.80. The Morgan fingerprint density at radius 2 is 1.65 bits per heavy atom. The Morgan fingerprint density at radius 3 is 2.05 bits per heavy atom. The molecular weight excluding hydrogens is 320 g/mol. The average Bonchev–Trinajstić information content (AvgIpc) is 2.78. The van der Waals surface area contributed by atoms with Crippen molar-refractivity contribution >= 4 is 15.9 Å². The highest BCUT2D eigenvalue weighted by atomic mass is 79.9. The fraction of sp³-hybridized carbons (Fsp3) is 0.625. The summed E-state index contributed by atoms with van der Waals surface area (Å²) in [7, 11) is 3.22. The van der Waals surface area contributed by atoms with Crippen LogP contribution in [0.25, 0.3) is 0 Å². The summed E-state index contributed by atoms with van der Waals surface area (Å²) in [4.78, 5) is 0. The number of benzene rings is 1. The highest BCUT2D eigenvalue weighted by Crippen LogP contribution is 2.72. The molecule has 1 aliphatic rings. The van der Waals surface area contributed by atoms with Crippen molar-refractivity contribution in [3.05, 3.63) is 22.2 Å². The minimum Gasteiger partial charge on any atom is -0.495 e. The largest absolute Gasteiger partial charge is 0.495 e. The monoisotopic (exact) mass is 342 g/mol. The van der Waals surface area contributed by atoms with E-state index >= 15 is 0 Å². The van der Waals surface area contributed by atoms with Crippen LogP contribution in [-0.2, 0) is 0 Å². The van der Waals surface area contributed by atoms with Gasteiger partial charge in [0.05, 0.1) is 20.3 Å². The van der Waals surface area contributed by atoms with Crippen molar-refractivity contribution in [2.75, 3.05) is 14.2 Å². The molecule has 20 heavy (non-hydrogen) atoms. The van der Waals surface area contributed by atoms with Crippen molar-refractivity contribution in [1.82, 2.24) is 0 Å². The quantitative estimate of drug-likeness (QED) is 0.891. The number of aliphatic hydroxyl groups excluding tert-OH is 1. The number of aliphatic hydroxyl groups is 1. The second-order valence-electron chi connectivity index (χ2n) is 6.57. The zero-order chi connectivity index (χ0) is 15.3. The first-order chi connectivity index (χ1) is 9.20. The van der Waals surface area contributed by atoms with Gasteiger partial charge in [-0.25, -0.2) is 0 Å². The Labute approximate surface area is 129 Å². The molecule has 1 saturated carbocycles. The second-order valence-corrected chi connectivity index (χ2v) is 7.36. The summed E-state index contributed by atoms with van der Waals surface area (Å²) < 4.78 is 11.5. The molecule has 2 rings (SSSR count). The SMILES string of the molecule is COc1ccc(C(O)C2C(C)(C)C2(C)C)c(OC)c1Br. The number of rotatable bonds is 4. The molecule has 112 valence electrons. The van der Waals surface area contributed by atoms with Crippen molar-refractivity contribution < 1.29 is 14.6 Å². The standard InChI is InChI=1S/C16H23BrO3/c1-15(2)14(16(15,3)4)12(18)9-7-8-10(19-5)11(17)13(9)20-6/h7-8,12,14,18H,1-6H3. The van der Waals surface area contributed by atoms with Crippen molar-refractivity contribution in [3.63, 3.8) is 0 Å². The maximum absolute atomic E-state index is 10.8. The lowest BCUT2D eigenvalue weighted by Crippen LogP contribution is -2.08. The van der Waals surface area contributed by atoms with Crippen LogP contribution in [0.15, 0.2) is 16.6 Å². The molecule has 1 aliphatic carbocycles. The fourth-order valence-electron chi connectivity index (χ4n) is 3.37. The molecule has 1 aromatic carbocycles. The molecular formula is C16H23BrO3. The second kappa shape index (κ2) is 4.92. The van der Waals surface area contributed by atoms with E-state index in [2.05, 4.69) is 43.6 Å². The van der Waals surface area contributed by atoms with Crippen LogP contribution in [0.5, 0.6) is 11.5 Å². The van der Waals surface area contributed by atoms with E-state index in [0.717, 1.165) is 10.0 Å². The normalized spacial score (nSPS) is 21.4. The number of ether oxygens (including phenoxy) is 2. The summed E-state index contributed by atoms with van der Waals surface area (Å²) >= 11 is 3.49. The molecule has 1 aromatic rings. The van der Waals surface area contributed by atoms with E-state index in [4.69, 9.17) is 9.47 Å². The van der Waals surface area contributed by atoms with Crippen LogP contribution < -0.4 is 9.47 Å². The molecule has 4 heteroatoms. The van der Waals surface area contributed by atoms with E-state index in [9.17, 15) is 5.11 Å². The first kappa shape index (κ1) is 15.6. The van der Waals surface area contributed by atoms with E-state index in [1.54, 1.807) is 14.2 Å². The van der Waals surface area contributed by atoms with E-state index in [0.29, 0.717) is 11.5 Å². The van der Waals surface area contributed by atoms with Crippen molar-refractivity contribution in [1.29, 1.82) is 0 Å². The molecule has 0 aromatic heterocycles. The van der Waals surface area contributed by atoms with Gasteiger partial charge < -0.3 is 14.6 Å². The molecule has 0 radical (unpaired) electrons. The molecule has 0 saturated heterocycles. The maximum Gasteiger partial charge on any atom is 0.142 e. The lowest BCUT2D eigenvalue weighted by Gasteiger charge is -2.19. The zero-order valence-corrected chi connectivity index (χ0v) is 14.5. The topological polar surface area (TPSA) is 38.7 Å². The smallest absolute Gasteiger partial charge is 0.142 e. The van der Waals surface area contributed by atoms with Gasteiger partial charge in [0.25, 0.3) is 0 Å². The first-order valence-corrected chi connectivity index (χ1v) is 7.57. The van der Waals surface area contributed by atoms with Gasteiger partial charge in [-0.2, -0.15) is 0 Å². The lowest BCUT2D eigenvalue weighted by atomic mass is 9.98. The maximum atomic E-state index is 10.8. The number of halogens is 1. The molecule has 3 nitrogen and oxygen atoms in total. The number of hydrogen-bond donors (Lipinski definition) is 1.